The molecule has 36 heavy (non-hydrogen) atoms. The molecule has 7 nitrogen and oxygen atoms in total. The minimum Gasteiger partial charge on any atom is -0.351 e. The maximum Gasteiger partial charge on any atom is 0.402 e. The van der Waals surface area contributed by atoms with Gasteiger partial charge in [-0.3, -0.25) is 19.7 Å². The Morgan fingerprint density at radius 3 is 2.33 bits per heavy atom. The Hall–Kier alpha value is -3.11. The van der Waals surface area contributed by atoms with Crippen LogP contribution in [0.5, 0.6) is 0 Å². The van der Waals surface area contributed by atoms with E-state index in [1.165, 1.54) is 4.90 Å². The molecule has 0 spiro atoms. The van der Waals surface area contributed by atoms with Gasteiger partial charge in [0, 0.05) is 49.3 Å². The SMILES string of the molecule is CN(C)C(=O)c1ccc(C2CC(=O)NC(c3cc(CNC(=O)C(C)(C)C(F)(F)F)ccc3Cl)N2)cc1. The maximum absolute atomic E-state index is 13.1. The summed E-state index contributed by atoms with van der Waals surface area (Å²) in [5.41, 5.74) is -0.186. The molecule has 1 saturated heterocycles. The molecule has 0 aliphatic carbocycles. The highest BCUT2D eigenvalue weighted by molar-refractivity contribution is 6.31. The highest BCUT2D eigenvalue weighted by atomic mass is 35.5. The molecule has 2 aromatic carbocycles. The zero-order valence-electron chi connectivity index (χ0n) is 20.3. The Balaban J connectivity index is 1.76. The van der Waals surface area contributed by atoms with Crippen molar-refractivity contribution in [3.8, 4) is 0 Å². The Morgan fingerprint density at radius 2 is 1.75 bits per heavy atom. The molecule has 1 heterocycles. The van der Waals surface area contributed by atoms with Gasteiger partial charge in [0.1, 0.15) is 11.6 Å². The number of nitrogens with one attached hydrogen (secondary N) is 3. The predicted octanol–water partition coefficient (Wildman–Crippen LogP) is 4.10. The van der Waals surface area contributed by atoms with Crippen molar-refractivity contribution >= 4 is 29.3 Å². The fourth-order valence-corrected chi connectivity index (χ4v) is 3.89. The lowest BCUT2D eigenvalue weighted by Crippen LogP contribution is -2.47. The van der Waals surface area contributed by atoms with Gasteiger partial charge in [-0.2, -0.15) is 13.2 Å². The third-order valence-corrected chi connectivity index (χ3v) is 6.47. The quantitative estimate of drug-likeness (QED) is 0.531. The lowest BCUT2D eigenvalue weighted by molar-refractivity contribution is -0.211. The molecule has 1 aliphatic rings. The van der Waals surface area contributed by atoms with Crippen molar-refractivity contribution in [2.45, 2.75) is 45.2 Å². The summed E-state index contributed by atoms with van der Waals surface area (Å²) in [4.78, 5) is 38.2. The van der Waals surface area contributed by atoms with Crippen molar-refractivity contribution in [2.24, 2.45) is 5.41 Å². The van der Waals surface area contributed by atoms with Gasteiger partial charge in [-0.15, -0.1) is 0 Å². The molecule has 3 amide bonds. The van der Waals surface area contributed by atoms with Gasteiger partial charge in [0.15, 0.2) is 0 Å². The standard InChI is InChI=1S/C25H28ClF3N4O3/c1-24(2,25(27,28)29)23(36)30-13-14-5-10-18(26)17(11-14)21-31-19(12-20(34)32-21)15-6-8-16(9-7-15)22(35)33(3)4/h5-11,19,21,31H,12-13H2,1-4H3,(H,30,36)(H,32,34). The molecule has 0 bridgehead atoms. The van der Waals surface area contributed by atoms with Crippen molar-refractivity contribution in [3.05, 3.63) is 69.7 Å². The van der Waals surface area contributed by atoms with Crippen LogP contribution in [-0.4, -0.2) is 42.9 Å². The van der Waals surface area contributed by atoms with E-state index in [-0.39, 0.29) is 30.8 Å². The highest BCUT2D eigenvalue weighted by Crippen LogP contribution is 2.37. The van der Waals surface area contributed by atoms with Crippen molar-refractivity contribution in [2.75, 3.05) is 14.1 Å². The van der Waals surface area contributed by atoms with E-state index in [0.717, 1.165) is 19.4 Å². The second kappa shape index (κ2) is 10.5. The summed E-state index contributed by atoms with van der Waals surface area (Å²) < 4.78 is 39.4. The number of carbonyl (C=O) groups excluding carboxylic acids is 3. The molecule has 2 unspecified atom stereocenters. The zero-order chi connectivity index (χ0) is 26.8. The monoisotopic (exact) mass is 524 g/mol. The molecule has 0 radical (unpaired) electrons. The number of benzene rings is 2. The van der Waals surface area contributed by atoms with Gasteiger partial charge in [-0.25, -0.2) is 0 Å². The van der Waals surface area contributed by atoms with Crippen molar-refractivity contribution in [1.29, 1.82) is 0 Å². The Kier molecular flexibility index (Phi) is 8.00. The minimum absolute atomic E-state index is 0.136. The van der Waals surface area contributed by atoms with E-state index < -0.39 is 23.7 Å². The van der Waals surface area contributed by atoms with E-state index in [2.05, 4.69) is 16.0 Å². The van der Waals surface area contributed by atoms with Crippen LogP contribution in [0.25, 0.3) is 0 Å². The van der Waals surface area contributed by atoms with Crippen LogP contribution in [0.15, 0.2) is 42.5 Å². The molecule has 11 heteroatoms. The lowest BCUT2D eigenvalue weighted by atomic mass is 9.91. The van der Waals surface area contributed by atoms with Gasteiger partial charge < -0.3 is 15.5 Å². The summed E-state index contributed by atoms with van der Waals surface area (Å²) in [5, 5.41) is 8.80. The zero-order valence-corrected chi connectivity index (χ0v) is 21.1. The van der Waals surface area contributed by atoms with E-state index in [4.69, 9.17) is 11.6 Å². The Labute approximate surface area is 212 Å². The van der Waals surface area contributed by atoms with Crippen LogP contribution in [0.2, 0.25) is 5.02 Å². The maximum atomic E-state index is 13.1. The first kappa shape index (κ1) is 27.5. The fourth-order valence-electron chi connectivity index (χ4n) is 3.66. The van der Waals surface area contributed by atoms with E-state index in [0.29, 0.717) is 21.7 Å². The fraction of sp³-hybridized carbons (Fsp3) is 0.400. The normalized spacial score (nSPS) is 18.4. The third kappa shape index (κ3) is 5.99. The third-order valence-electron chi connectivity index (χ3n) is 6.13. The van der Waals surface area contributed by atoms with Gasteiger partial charge in [0.2, 0.25) is 11.8 Å². The van der Waals surface area contributed by atoms with Crippen LogP contribution in [0.1, 0.15) is 59.5 Å². The van der Waals surface area contributed by atoms with E-state index in [1.54, 1.807) is 56.6 Å². The topological polar surface area (TPSA) is 90.5 Å². The molecular formula is C25H28ClF3N4O3. The lowest BCUT2D eigenvalue weighted by Gasteiger charge is -2.33. The molecule has 3 rings (SSSR count). The minimum atomic E-state index is -4.69. The first-order chi connectivity index (χ1) is 16.7. The summed E-state index contributed by atoms with van der Waals surface area (Å²) in [6, 6.07) is 11.4. The largest absolute Gasteiger partial charge is 0.402 e. The van der Waals surface area contributed by atoms with Gasteiger partial charge in [0.25, 0.3) is 5.91 Å². The summed E-state index contributed by atoms with van der Waals surface area (Å²) in [5.74, 6) is -1.51. The molecule has 3 N–H and O–H groups in total. The van der Waals surface area contributed by atoms with Crippen LogP contribution < -0.4 is 16.0 Å². The number of nitrogens with zero attached hydrogens (tertiary/aromatic N) is 1. The van der Waals surface area contributed by atoms with Crippen LogP contribution in [0.4, 0.5) is 13.2 Å². The first-order valence-electron chi connectivity index (χ1n) is 11.2. The number of hydrogen-bond donors (Lipinski definition) is 3. The molecule has 0 aromatic heterocycles. The number of hydrogen-bond acceptors (Lipinski definition) is 4. The predicted molar refractivity (Wildman–Crippen MR) is 129 cm³/mol. The number of halogens is 4. The molecule has 2 atom stereocenters. The van der Waals surface area contributed by atoms with Crippen molar-refractivity contribution in [1.82, 2.24) is 20.9 Å². The molecular weight excluding hydrogens is 497 g/mol. The molecule has 0 saturated carbocycles. The number of carbonyl (C=O) groups is 3. The first-order valence-corrected chi connectivity index (χ1v) is 11.6. The average Bonchev–Trinajstić information content (AvgIpc) is 2.81. The van der Waals surface area contributed by atoms with Crippen molar-refractivity contribution in [3.63, 3.8) is 0 Å². The smallest absolute Gasteiger partial charge is 0.351 e. The van der Waals surface area contributed by atoms with Crippen LogP contribution >= 0.6 is 11.6 Å². The summed E-state index contributed by atoms with van der Waals surface area (Å²) in [6.45, 7) is 1.49. The van der Waals surface area contributed by atoms with E-state index >= 15 is 0 Å². The molecule has 1 fully saturated rings. The van der Waals surface area contributed by atoms with Gasteiger partial charge >= 0.3 is 6.18 Å². The van der Waals surface area contributed by atoms with Crippen LogP contribution in [-0.2, 0) is 16.1 Å². The van der Waals surface area contributed by atoms with Gasteiger partial charge in [-0.05, 0) is 49.2 Å². The number of amides is 3. The van der Waals surface area contributed by atoms with E-state index in [9.17, 15) is 27.6 Å². The molecule has 1 aliphatic heterocycles. The second-order valence-electron chi connectivity index (χ2n) is 9.41. The molecule has 194 valence electrons. The molecule has 2 aromatic rings. The Morgan fingerprint density at radius 1 is 1.11 bits per heavy atom. The number of alkyl halides is 3. The Bertz CT molecular complexity index is 1150. The van der Waals surface area contributed by atoms with Gasteiger partial charge in [-0.1, -0.05) is 29.8 Å². The van der Waals surface area contributed by atoms with Crippen molar-refractivity contribution < 1.29 is 27.6 Å². The van der Waals surface area contributed by atoms with Crippen LogP contribution in [0.3, 0.4) is 0 Å². The number of rotatable bonds is 6. The van der Waals surface area contributed by atoms with E-state index in [1.807, 2.05) is 0 Å². The summed E-state index contributed by atoms with van der Waals surface area (Å²) in [7, 11) is 3.32. The average molecular weight is 525 g/mol. The summed E-state index contributed by atoms with van der Waals surface area (Å²) >= 11 is 6.38. The van der Waals surface area contributed by atoms with Gasteiger partial charge in [0.05, 0.1) is 0 Å². The summed E-state index contributed by atoms with van der Waals surface area (Å²) in [6.07, 6.45) is -5.20. The second-order valence-corrected chi connectivity index (χ2v) is 9.81. The highest BCUT2D eigenvalue weighted by Gasteiger charge is 2.52. The van der Waals surface area contributed by atoms with Crippen LogP contribution in [0, 0.1) is 5.41 Å².